The molecule has 0 aromatic heterocycles. The lowest BCUT2D eigenvalue weighted by atomic mass is 9.90. The van der Waals surface area contributed by atoms with Crippen molar-refractivity contribution in [2.24, 2.45) is 5.73 Å². The molecule has 0 bridgehead atoms. The number of ether oxygens (including phenoxy) is 1. The second-order valence-electron chi connectivity index (χ2n) is 3.74. The Morgan fingerprint density at radius 3 is 2.67 bits per heavy atom. The van der Waals surface area contributed by atoms with Gasteiger partial charge in [0.1, 0.15) is 5.75 Å². The zero-order valence-corrected chi connectivity index (χ0v) is 9.71. The molecule has 1 unspecified atom stereocenters. The highest BCUT2D eigenvalue weighted by Crippen LogP contribution is 2.31. The quantitative estimate of drug-likeness (QED) is 0.829. The number of aliphatic hydroxyl groups is 1. The number of rotatable bonds is 4. The molecule has 0 amide bonds. The summed E-state index contributed by atoms with van der Waals surface area (Å²) in [5.74, 6) is 0.698. The van der Waals surface area contributed by atoms with Crippen molar-refractivity contribution in [1.29, 1.82) is 0 Å². The number of hydrogen-bond acceptors (Lipinski definition) is 3. The van der Waals surface area contributed by atoms with Gasteiger partial charge in [-0.3, -0.25) is 0 Å². The van der Waals surface area contributed by atoms with Crippen molar-refractivity contribution < 1.29 is 9.84 Å². The predicted octanol–water partition coefficient (Wildman–Crippen LogP) is 1.90. The second kappa shape index (κ2) is 4.84. The Labute approximate surface area is 94.8 Å². The fourth-order valence-corrected chi connectivity index (χ4v) is 1.84. The van der Waals surface area contributed by atoms with E-state index in [9.17, 15) is 0 Å². The maximum atomic E-state index is 8.91. The summed E-state index contributed by atoms with van der Waals surface area (Å²) in [4.78, 5) is 0. The predicted molar refractivity (Wildman–Crippen MR) is 61.2 cm³/mol. The molecule has 0 aliphatic carbocycles. The van der Waals surface area contributed by atoms with Gasteiger partial charge in [-0.15, -0.1) is 0 Å². The van der Waals surface area contributed by atoms with Crippen molar-refractivity contribution in [3.05, 3.63) is 28.8 Å². The number of hydrogen-bond donors (Lipinski definition) is 2. The average molecular weight is 230 g/mol. The fourth-order valence-electron chi connectivity index (χ4n) is 1.45. The first-order chi connectivity index (χ1) is 7.01. The Hall–Kier alpha value is -0.770. The van der Waals surface area contributed by atoms with Crippen LogP contribution in [0.3, 0.4) is 0 Å². The van der Waals surface area contributed by atoms with E-state index in [1.165, 1.54) is 0 Å². The van der Waals surface area contributed by atoms with E-state index in [-0.39, 0.29) is 6.61 Å². The third kappa shape index (κ3) is 2.84. The minimum atomic E-state index is -0.613. The third-order valence-corrected chi connectivity index (χ3v) is 2.74. The Morgan fingerprint density at radius 1 is 1.53 bits per heavy atom. The third-order valence-electron chi connectivity index (χ3n) is 2.42. The molecule has 0 aliphatic heterocycles. The summed E-state index contributed by atoms with van der Waals surface area (Å²) in [5.41, 5.74) is 6.26. The first-order valence-corrected chi connectivity index (χ1v) is 5.13. The molecule has 3 N–H and O–H groups in total. The highest BCUT2D eigenvalue weighted by atomic mass is 35.5. The molecule has 1 aromatic rings. The molecule has 4 heteroatoms. The van der Waals surface area contributed by atoms with Gasteiger partial charge in [-0.25, -0.2) is 0 Å². The van der Waals surface area contributed by atoms with Crippen molar-refractivity contribution in [3.63, 3.8) is 0 Å². The van der Waals surface area contributed by atoms with Gasteiger partial charge in [0, 0.05) is 17.2 Å². The summed E-state index contributed by atoms with van der Waals surface area (Å²) >= 11 is 6.09. The Kier molecular flexibility index (Phi) is 3.97. The largest absolute Gasteiger partial charge is 0.497 e. The minimum Gasteiger partial charge on any atom is -0.497 e. The van der Waals surface area contributed by atoms with Crippen LogP contribution in [0.1, 0.15) is 18.9 Å². The molecule has 0 aliphatic rings. The lowest BCUT2D eigenvalue weighted by Crippen LogP contribution is -2.34. The number of methoxy groups -OCH3 is 1. The molecule has 0 saturated carbocycles. The first kappa shape index (κ1) is 12.3. The minimum absolute atomic E-state index is 0.0371. The van der Waals surface area contributed by atoms with Crippen LogP contribution in [0.15, 0.2) is 18.2 Å². The Bertz CT molecular complexity index is 339. The molecular formula is C11H16ClNO2. The number of halogens is 1. The summed E-state index contributed by atoms with van der Waals surface area (Å²) < 4.78 is 5.05. The fraction of sp³-hybridized carbons (Fsp3) is 0.455. The maximum absolute atomic E-state index is 8.91. The summed E-state index contributed by atoms with van der Waals surface area (Å²) in [6.45, 7) is 1.88. The molecular weight excluding hydrogens is 214 g/mol. The summed E-state index contributed by atoms with van der Waals surface area (Å²) in [7, 11) is 1.58. The van der Waals surface area contributed by atoms with E-state index in [1.807, 2.05) is 19.1 Å². The zero-order valence-electron chi connectivity index (χ0n) is 8.96. The van der Waals surface area contributed by atoms with E-state index in [0.29, 0.717) is 17.2 Å². The van der Waals surface area contributed by atoms with Crippen LogP contribution in [0.2, 0.25) is 5.02 Å². The van der Waals surface area contributed by atoms with Gasteiger partial charge in [-0.2, -0.15) is 0 Å². The van der Waals surface area contributed by atoms with E-state index in [4.69, 9.17) is 27.2 Å². The van der Waals surface area contributed by atoms with Crippen LogP contribution in [-0.2, 0) is 5.54 Å². The van der Waals surface area contributed by atoms with Crippen molar-refractivity contribution in [1.82, 2.24) is 0 Å². The Balaban J connectivity index is 3.04. The van der Waals surface area contributed by atoms with Crippen LogP contribution < -0.4 is 10.5 Å². The highest BCUT2D eigenvalue weighted by Gasteiger charge is 2.23. The molecule has 0 radical (unpaired) electrons. The number of aliphatic hydroxyl groups excluding tert-OH is 1. The van der Waals surface area contributed by atoms with Gasteiger partial charge < -0.3 is 15.6 Å². The standard InChI is InChI=1S/C11H16ClNO2/c1-11(13,5-6-14)9-4-3-8(15-2)7-10(9)12/h3-4,7,14H,5-6,13H2,1-2H3. The molecule has 15 heavy (non-hydrogen) atoms. The van der Waals surface area contributed by atoms with Crippen LogP contribution in [0, 0.1) is 0 Å². The van der Waals surface area contributed by atoms with Gasteiger partial charge in [-0.05, 0) is 31.0 Å². The van der Waals surface area contributed by atoms with Crippen LogP contribution in [0.5, 0.6) is 5.75 Å². The van der Waals surface area contributed by atoms with Gasteiger partial charge in [0.05, 0.1) is 7.11 Å². The first-order valence-electron chi connectivity index (χ1n) is 4.75. The van der Waals surface area contributed by atoms with Crippen molar-refractivity contribution >= 4 is 11.6 Å². The summed E-state index contributed by atoms with van der Waals surface area (Å²) in [6, 6.07) is 5.36. The van der Waals surface area contributed by atoms with Crippen molar-refractivity contribution in [2.45, 2.75) is 18.9 Å². The van der Waals surface area contributed by atoms with Crippen LogP contribution in [-0.4, -0.2) is 18.8 Å². The molecule has 0 saturated heterocycles. The summed E-state index contributed by atoms with van der Waals surface area (Å²) in [6.07, 6.45) is 0.471. The van der Waals surface area contributed by atoms with E-state index in [0.717, 1.165) is 5.56 Å². The molecule has 1 aromatic carbocycles. The van der Waals surface area contributed by atoms with Crippen LogP contribution >= 0.6 is 11.6 Å². The smallest absolute Gasteiger partial charge is 0.120 e. The number of nitrogens with two attached hydrogens (primary N) is 1. The molecule has 1 atom stereocenters. The average Bonchev–Trinajstić information content (AvgIpc) is 2.17. The zero-order chi connectivity index (χ0) is 11.5. The summed E-state index contributed by atoms with van der Waals surface area (Å²) in [5, 5.41) is 9.47. The van der Waals surface area contributed by atoms with E-state index >= 15 is 0 Å². The van der Waals surface area contributed by atoms with Gasteiger partial charge in [0.15, 0.2) is 0 Å². The van der Waals surface area contributed by atoms with Gasteiger partial charge in [0.25, 0.3) is 0 Å². The van der Waals surface area contributed by atoms with E-state index < -0.39 is 5.54 Å². The highest BCUT2D eigenvalue weighted by molar-refractivity contribution is 6.31. The van der Waals surface area contributed by atoms with Crippen molar-refractivity contribution in [2.75, 3.05) is 13.7 Å². The maximum Gasteiger partial charge on any atom is 0.120 e. The molecule has 1 rings (SSSR count). The van der Waals surface area contributed by atoms with Gasteiger partial charge >= 0.3 is 0 Å². The van der Waals surface area contributed by atoms with Crippen molar-refractivity contribution in [3.8, 4) is 5.75 Å². The lowest BCUT2D eigenvalue weighted by molar-refractivity contribution is 0.247. The normalized spacial score (nSPS) is 14.7. The molecule has 84 valence electrons. The lowest BCUT2D eigenvalue weighted by Gasteiger charge is -2.25. The van der Waals surface area contributed by atoms with Gasteiger partial charge in [-0.1, -0.05) is 17.7 Å². The number of benzene rings is 1. The SMILES string of the molecule is COc1ccc(C(C)(N)CCO)c(Cl)c1. The van der Waals surface area contributed by atoms with E-state index in [2.05, 4.69) is 0 Å². The van der Waals surface area contributed by atoms with Crippen LogP contribution in [0.4, 0.5) is 0 Å². The van der Waals surface area contributed by atoms with Gasteiger partial charge in [0.2, 0.25) is 0 Å². The molecule has 3 nitrogen and oxygen atoms in total. The molecule has 0 spiro atoms. The topological polar surface area (TPSA) is 55.5 Å². The Morgan fingerprint density at radius 2 is 2.20 bits per heavy atom. The molecule has 0 heterocycles. The monoisotopic (exact) mass is 229 g/mol. The van der Waals surface area contributed by atoms with Crippen LogP contribution in [0.25, 0.3) is 0 Å². The molecule has 0 fully saturated rings. The second-order valence-corrected chi connectivity index (χ2v) is 4.14. The van der Waals surface area contributed by atoms with E-state index in [1.54, 1.807) is 13.2 Å².